The van der Waals surface area contributed by atoms with Gasteiger partial charge in [0.05, 0.1) is 4.92 Å². The largest absolute Gasteiger partial charge is 0.384 e. The van der Waals surface area contributed by atoms with Crippen molar-refractivity contribution in [2.24, 2.45) is 0 Å². The van der Waals surface area contributed by atoms with Crippen molar-refractivity contribution in [3.8, 4) is 0 Å². The number of nitro groups is 1. The van der Waals surface area contributed by atoms with E-state index in [4.69, 9.17) is 0 Å². The summed E-state index contributed by atoms with van der Waals surface area (Å²) in [4.78, 5) is 12.9. The second-order valence-corrected chi connectivity index (χ2v) is 5.42. The summed E-state index contributed by atoms with van der Waals surface area (Å²) in [5, 5.41) is 14.3. The molecule has 1 saturated heterocycles. The number of likely N-dealkylation sites (tertiary alicyclic amines) is 1. The topological polar surface area (TPSA) is 58.4 Å². The average molecular weight is 247 g/mol. The lowest BCUT2D eigenvalue weighted by Gasteiger charge is -2.37. The van der Waals surface area contributed by atoms with Crippen LogP contribution in [0.5, 0.6) is 0 Å². The third-order valence-corrected chi connectivity index (χ3v) is 4.35. The molecule has 5 nitrogen and oxygen atoms in total. The Bertz CT molecular complexity index is 493. The van der Waals surface area contributed by atoms with Crippen LogP contribution in [0.4, 0.5) is 11.4 Å². The molecule has 1 fully saturated rings. The maximum Gasteiger partial charge on any atom is 0.269 e. The third kappa shape index (κ3) is 1.66. The van der Waals surface area contributed by atoms with E-state index in [2.05, 4.69) is 17.3 Å². The van der Waals surface area contributed by atoms with Crippen molar-refractivity contribution in [2.45, 2.75) is 18.3 Å². The van der Waals surface area contributed by atoms with Crippen LogP contribution < -0.4 is 5.32 Å². The highest BCUT2D eigenvalue weighted by molar-refractivity contribution is 5.64. The highest BCUT2D eigenvalue weighted by atomic mass is 16.6. The molecule has 0 bridgehead atoms. The monoisotopic (exact) mass is 247 g/mol. The van der Waals surface area contributed by atoms with Crippen LogP contribution in [0.3, 0.4) is 0 Å². The number of piperidine rings is 1. The van der Waals surface area contributed by atoms with Gasteiger partial charge in [0.15, 0.2) is 0 Å². The van der Waals surface area contributed by atoms with Crippen LogP contribution in [0.1, 0.15) is 18.4 Å². The van der Waals surface area contributed by atoms with Gasteiger partial charge in [0.25, 0.3) is 5.69 Å². The molecular formula is C13H17N3O2. The van der Waals surface area contributed by atoms with E-state index < -0.39 is 0 Å². The molecule has 3 rings (SSSR count). The molecule has 0 atom stereocenters. The highest BCUT2D eigenvalue weighted by Gasteiger charge is 2.41. The molecule has 5 heteroatoms. The molecule has 2 heterocycles. The minimum atomic E-state index is -0.304. The van der Waals surface area contributed by atoms with Crippen molar-refractivity contribution in [2.75, 3.05) is 32.0 Å². The molecule has 2 aliphatic rings. The maximum atomic E-state index is 10.9. The van der Waals surface area contributed by atoms with Crippen LogP contribution in [0.15, 0.2) is 18.2 Å². The molecule has 96 valence electrons. The second-order valence-electron chi connectivity index (χ2n) is 5.42. The van der Waals surface area contributed by atoms with E-state index in [1.54, 1.807) is 12.1 Å². The third-order valence-electron chi connectivity index (χ3n) is 4.35. The van der Waals surface area contributed by atoms with Gasteiger partial charge in [-0.1, -0.05) is 0 Å². The predicted molar refractivity (Wildman–Crippen MR) is 70.0 cm³/mol. The van der Waals surface area contributed by atoms with Crippen LogP contribution in [0.25, 0.3) is 0 Å². The van der Waals surface area contributed by atoms with Gasteiger partial charge in [0.2, 0.25) is 0 Å². The summed E-state index contributed by atoms with van der Waals surface area (Å²) < 4.78 is 0. The molecule has 1 spiro atoms. The molecule has 1 aromatic rings. The molecule has 0 aliphatic carbocycles. The number of non-ortho nitro benzene ring substituents is 1. The first-order valence-corrected chi connectivity index (χ1v) is 6.32. The number of hydrogen-bond acceptors (Lipinski definition) is 4. The van der Waals surface area contributed by atoms with Gasteiger partial charge in [-0.15, -0.1) is 0 Å². The van der Waals surface area contributed by atoms with E-state index in [0.29, 0.717) is 0 Å². The number of anilines is 1. The Morgan fingerprint density at radius 2 is 2.11 bits per heavy atom. The Labute approximate surface area is 106 Å². The quantitative estimate of drug-likeness (QED) is 0.609. The second kappa shape index (κ2) is 3.95. The highest BCUT2D eigenvalue weighted by Crippen LogP contribution is 2.44. The van der Waals surface area contributed by atoms with Crippen LogP contribution in [0, 0.1) is 10.1 Å². The van der Waals surface area contributed by atoms with Crippen LogP contribution in [-0.4, -0.2) is 36.5 Å². The van der Waals surface area contributed by atoms with Gasteiger partial charge in [0, 0.05) is 29.8 Å². The Kier molecular flexibility index (Phi) is 2.52. The van der Waals surface area contributed by atoms with E-state index in [1.165, 1.54) is 0 Å². The number of nitrogens with one attached hydrogen (secondary N) is 1. The number of hydrogen-bond donors (Lipinski definition) is 1. The molecule has 1 N–H and O–H groups in total. The van der Waals surface area contributed by atoms with Gasteiger partial charge < -0.3 is 10.2 Å². The Morgan fingerprint density at radius 1 is 1.39 bits per heavy atom. The van der Waals surface area contributed by atoms with E-state index >= 15 is 0 Å². The summed E-state index contributed by atoms with van der Waals surface area (Å²) in [5.41, 5.74) is 2.53. The number of rotatable bonds is 1. The van der Waals surface area contributed by atoms with Crippen LogP contribution in [-0.2, 0) is 5.41 Å². The first-order valence-electron chi connectivity index (χ1n) is 6.32. The van der Waals surface area contributed by atoms with Gasteiger partial charge in [-0.2, -0.15) is 0 Å². The smallest absolute Gasteiger partial charge is 0.269 e. The van der Waals surface area contributed by atoms with Crippen molar-refractivity contribution >= 4 is 11.4 Å². The fraction of sp³-hybridized carbons (Fsp3) is 0.538. The van der Waals surface area contributed by atoms with Crippen molar-refractivity contribution in [3.63, 3.8) is 0 Å². The number of fused-ring (bicyclic) bond motifs is 2. The summed E-state index contributed by atoms with van der Waals surface area (Å²) in [6.07, 6.45) is 2.15. The molecule has 0 aromatic heterocycles. The number of nitro benzene ring substituents is 1. The molecule has 0 unspecified atom stereocenters. The summed E-state index contributed by atoms with van der Waals surface area (Å²) >= 11 is 0. The minimum absolute atomic E-state index is 0.105. The van der Waals surface area contributed by atoms with Crippen molar-refractivity contribution in [1.82, 2.24) is 4.90 Å². The van der Waals surface area contributed by atoms with Gasteiger partial charge in [-0.25, -0.2) is 0 Å². The lowest BCUT2D eigenvalue weighted by atomic mass is 9.74. The fourth-order valence-electron chi connectivity index (χ4n) is 3.09. The minimum Gasteiger partial charge on any atom is -0.384 e. The molecule has 18 heavy (non-hydrogen) atoms. The summed E-state index contributed by atoms with van der Waals surface area (Å²) in [7, 11) is 2.13. The van der Waals surface area contributed by atoms with Crippen molar-refractivity contribution < 1.29 is 4.92 Å². The van der Waals surface area contributed by atoms with E-state index in [-0.39, 0.29) is 16.0 Å². The van der Waals surface area contributed by atoms with E-state index in [1.807, 2.05) is 6.07 Å². The summed E-state index contributed by atoms with van der Waals surface area (Å²) in [5.74, 6) is 0. The first-order chi connectivity index (χ1) is 8.61. The zero-order valence-corrected chi connectivity index (χ0v) is 10.5. The molecule has 0 amide bonds. The standard InChI is InChI=1S/C13H17N3O2/c1-15-6-4-13(5-7-15)9-14-12-3-2-10(16(17)18)8-11(12)13/h2-3,8,14H,4-7,9H2,1H3. The zero-order chi connectivity index (χ0) is 12.8. The molecular weight excluding hydrogens is 230 g/mol. The zero-order valence-electron chi connectivity index (χ0n) is 10.5. The predicted octanol–water partition coefficient (Wildman–Crippen LogP) is 1.98. The molecule has 1 aromatic carbocycles. The SMILES string of the molecule is CN1CCC2(CC1)CNc1ccc([N+](=O)[O-])cc12. The van der Waals surface area contributed by atoms with Gasteiger partial charge >= 0.3 is 0 Å². The van der Waals surface area contributed by atoms with Crippen LogP contribution in [0.2, 0.25) is 0 Å². The number of benzene rings is 1. The lowest BCUT2D eigenvalue weighted by Crippen LogP contribution is -2.42. The van der Waals surface area contributed by atoms with Gasteiger partial charge in [-0.05, 0) is 44.6 Å². The first kappa shape index (κ1) is 11.5. The molecule has 2 aliphatic heterocycles. The van der Waals surface area contributed by atoms with Crippen molar-refractivity contribution in [1.29, 1.82) is 0 Å². The number of nitrogens with zero attached hydrogens (tertiary/aromatic N) is 2. The molecule has 0 saturated carbocycles. The maximum absolute atomic E-state index is 10.9. The summed E-state index contributed by atoms with van der Waals surface area (Å²) in [6.45, 7) is 3.03. The molecule has 0 radical (unpaired) electrons. The fourth-order valence-corrected chi connectivity index (χ4v) is 3.09. The Morgan fingerprint density at radius 3 is 2.78 bits per heavy atom. The Hall–Kier alpha value is -1.62. The summed E-state index contributed by atoms with van der Waals surface area (Å²) in [6, 6.07) is 5.20. The van der Waals surface area contributed by atoms with Gasteiger partial charge in [0.1, 0.15) is 0 Å². The normalized spacial score (nSPS) is 21.6. The Balaban J connectivity index is 1.99. The average Bonchev–Trinajstić information content (AvgIpc) is 2.72. The van der Waals surface area contributed by atoms with E-state index in [0.717, 1.165) is 43.7 Å². The lowest BCUT2D eigenvalue weighted by molar-refractivity contribution is -0.384. The van der Waals surface area contributed by atoms with E-state index in [9.17, 15) is 10.1 Å². The van der Waals surface area contributed by atoms with Gasteiger partial charge in [-0.3, -0.25) is 10.1 Å². The van der Waals surface area contributed by atoms with Crippen molar-refractivity contribution in [3.05, 3.63) is 33.9 Å². The van der Waals surface area contributed by atoms with Crippen LogP contribution >= 0.6 is 0 Å².